The van der Waals surface area contributed by atoms with Crippen LogP contribution in [0.4, 0.5) is 9.59 Å². The Balaban J connectivity index is 1.43. The zero-order valence-electron chi connectivity index (χ0n) is 36.1. The lowest BCUT2D eigenvalue weighted by atomic mass is 9.85. The summed E-state index contributed by atoms with van der Waals surface area (Å²) < 4.78 is 4.83. The van der Waals surface area contributed by atoms with E-state index in [1.165, 1.54) is 12.0 Å². The molecule has 4 aromatic rings. The van der Waals surface area contributed by atoms with Crippen LogP contribution in [0.3, 0.4) is 0 Å². The molecule has 3 heterocycles. The summed E-state index contributed by atoms with van der Waals surface area (Å²) in [6.45, 7) is 10.8. The fourth-order valence-corrected chi connectivity index (χ4v) is 7.55. The summed E-state index contributed by atoms with van der Waals surface area (Å²) in [7, 11) is 1.23. The number of methoxy groups -OCH3 is 1. The number of aromatic nitrogens is 2. The number of aliphatic hydroxyl groups is 1. The first-order valence-corrected chi connectivity index (χ1v) is 20.8. The van der Waals surface area contributed by atoms with Crippen molar-refractivity contribution in [1.29, 1.82) is 0 Å². The van der Waals surface area contributed by atoms with Gasteiger partial charge in [0.15, 0.2) is 0 Å². The third-order valence-corrected chi connectivity index (χ3v) is 11.1. The lowest BCUT2D eigenvalue weighted by molar-refractivity contribution is -0.130. The van der Waals surface area contributed by atoms with E-state index in [0.29, 0.717) is 18.5 Å². The third-order valence-electron chi connectivity index (χ3n) is 11.1. The summed E-state index contributed by atoms with van der Waals surface area (Å²) in [6, 6.07) is 24.1. The minimum Gasteiger partial charge on any atom is -0.453 e. The Morgan fingerprint density at radius 1 is 0.852 bits per heavy atom. The van der Waals surface area contributed by atoms with Crippen molar-refractivity contribution >= 4 is 29.8 Å². The number of alkyl carbamates (subject to hydrolysis) is 1. The number of hydrogen-bond donors (Lipinski definition) is 4. The van der Waals surface area contributed by atoms with Crippen LogP contribution in [0.2, 0.25) is 0 Å². The van der Waals surface area contributed by atoms with Crippen molar-refractivity contribution in [3.8, 4) is 11.3 Å². The second-order valence-electron chi connectivity index (χ2n) is 16.9. The number of urea groups is 1. The first-order valence-electron chi connectivity index (χ1n) is 20.8. The molecule has 6 amide bonds. The highest BCUT2D eigenvalue weighted by Crippen LogP contribution is 2.25. The van der Waals surface area contributed by atoms with Crippen molar-refractivity contribution < 1.29 is 33.8 Å². The van der Waals surface area contributed by atoms with Gasteiger partial charge in [-0.1, -0.05) is 108 Å². The Morgan fingerprint density at radius 3 is 2.16 bits per heavy atom. The van der Waals surface area contributed by atoms with Gasteiger partial charge in [0.1, 0.15) is 18.6 Å². The number of carbonyl (C=O) groups is 5. The van der Waals surface area contributed by atoms with Crippen molar-refractivity contribution in [2.24, 2.45) is 11.3 Å². The third kappa shape index (κ3) is 12.4. The lowest BCUT2D eigenvalue weighted by Crippen LogP contribution is -2.58. The number of carbonyl (C=O) groups excluding carboxylic acids is 5. The minimum atomic E-state index is -1.21. The standard InChI is InChI=1S/C47H59N7O7/c1-8-30(2)41(54-29-40(56)53(46(54)60)28-35-18-14-15-31(3)49-35)43(57)51-38(26-32-16-10-9-11-17-32)39(55)27-36(50-44(58)42(47(4,5)6)52-45(59)61-7)25-33-20-22-34(23-21-33)37-19-12-13-24-48-37/h9-24,30,36,38-39,41-42,55H,8,25-29H2,1-7H3,(H,50,58)(H,51,57)(H,52,59). The predicted octanol–water partition coefficient (Wildman–Crippen LogP) is 5.61. The van der Waals surface area contributed by atoms with E-state index < -0.39 is 65.5 Å². The molecule has 0 spiro atoms. The Morgan fingerprint density at radius 2 is 1.54 bits per heavy atom. The normalized spacial score (nSPS) is 15.9. The number of benzene rings is 2. The Labute approximate surface area is 358 Å². The van der Waals surface area contributed by atoms with E-state index in [-0.39, 0.29) is 31.8 Å². The maximum absolute atomic E-state index is 14.5. The zero-order chi connectivity index (χ0) is 44.3. The molecule has 6 unspecified atom stereocenters. The number of rotatable bonds is 18. The molecular weight excluding hydrogens is 775 g/mol. The predicted molar refractivity (Wildman–Crippen MR) is 232 cm³/mol. The van der Waals surface area contributed by atoms with Gasteiger partial charge < -0.3 is 30.7 Å². The summed E-state index contributed by atoms with van der Waals surface area (Å²) in [5, 5.41) is 21.0. The second-order valence-corrected chi connectivity index (χ2v) is 16.9. The largest absolute Gasteiger partial charge is 0.453 e. The molecule has 4 N–H and O–H groups in total. The molecule has 6 atom stereocenters. The Kier molecular flexibility index (Phi) is 15.7. The van der Waals surface area contributed by atoms with Crippen LogP contribution < -0.4 is 16.0 Å². The molecule has 5 rings (SSSR count). The van der Waals surface area contributed by atoms with Crippen LogP contribution in [0.15, 0.2) is 97.2 Å². The molecule has 1 fully saturated rings. The summed E-state index contributed by atoms with van der Waals surface area (Å²) in [4.78, 5) is 79.5. The SMILES string of the molecule is CCC(C)C(C(=O)NC(Cc1ccccc1)C(O)CC(Cc1ccc(-c2ccccn2)cc1)NC(=O)C(NC(=O)OC)C(C)(C)C)N1CC(=O)N(Cc2cccc(C)n2)C1=O. The van der Waals surface area contributed by atoms with E-state index in [1.807, 2.05) is 126 Å². The number of amides is 6. The van der Waals surface area contributed by atoms with Gasteiger partial charge in [0.25, 0.3) is 5.91 Å². The van der Waals surface area contributed by atoms with Gasteiger partial charge >= 0.3 is 12.1 Å². The number of pyridine rings is 2. The average Bonchev–Trinajstić information content (AvgIpc) is 3.50. The number of aryl methyl sites for hydroxylation is 1. The quantitative estimate of drug-likeness (QED) is 0.0927. The van der Waals surface area contributed by atoms with Gasteiger partial charge in [-0.05, 0) is 72.9 Å². The first-order chi connectivity index (χ1) is 29.1. The van der Waals surface area contributed by atoms with Crippen LogP contribution >= 0.6 is 0 Å². The topological polar surface area (TPSA) is 183 Å². The molecule has 2 aromatic carbocycles. The van der Waals surface area contributed by atoms with Crippen LogP contribution in [-0.4, -0.2) is 98.6 Å². The van der Waals surface area contributed by atoms with Gasteiger partial charge in [-0.2, -0.15) is 0 Å². The van der Waals surface area contributed by atoms with Gasteiger partial charge in [-0.3, -0.25) is 29.3 Å². The van der Waals surface area contributed by atoms with Gasteiger partial charge in [-0.15, -0.1) is 0 Å². The first kappa shape index (κ1) is 45.9. The zero-order valence-corrected chi connectivity index (χ0v) is 36.1. The van der Waals surface area contributed by atoms with Crippen molar-refractivity contribution in [2.45, 2.75) is 104 Å². The molecule has 1 aliphatic heterocycles. The van der Waals surface area contributed by atoms with Crippen LogP contribution in [0.5, 0.6) is 0 Å². The molecule has 324 valence electrons. The van der Waals surface area contributed by atoms with Crippen molar-refractivity contribution in [3.05, 3.63) is 120 Å². The fourth-order valence-electron chi connectivity index (χ4n) is 7.55. The highest BCUT2D eigenvalue weighted by atomic mass is 16.5. The van der Waals surface area contributed by atoms with Crippen LogP contribution in [0.1, 0.15) is 70.0 Å². The van der Waals surface area contributed by atoms with Gasteiger partial charge in [-0.25, -0.2) is 9.59 Å². The second kappa shape index (κ2) is 20.9. The van der Waals surface area contributed by atoms with Crippen molar-refractivity contribution in [3.63, 3.8) is 0 Å². The number of imide groups is 1. The molecule has 0 radical (unpaired) electrons. The van der Waals surface area contributed by atoms with Crippen LogP contribution in [0.25, 0.3) is 11.3 Å². The number of ether oxygens (including phenoxy) is 1. The van der Waals surface area contributed by atoms with Gasteiger partial charge in [0.05, 0.1) is 37.2 Å². The smallest absolute Gasteiger partial charge is 0.407 e. The molecule has 1 aliphatic rings. The number of hydrogen-bond acceptors (Lipinski definition) is 9. The molecule has 1 saturated heterocycles. The van der Waals surface area contributed by atoms with Crippen molar-refractivity contribution in [2.75, 3.05) is 13.7 Å². The van der Waals surface area contributed by atoms with E-state index in [4.69, 9.17) is 4.74 Å². The molecule has 2 aromatic heterocycles. The highest BCUT2D eigenvalue weighted by molar-refractivity contribution is 6.04. The van der Waals surface area contributed by atoms with E-state index in [1.54, 1.807) is 12.3 Å². The maximum atomic E-state index is 14.5. The number of aliphatic hydroxyl groups excluding tert-OH is 1. The minimum absolute atomic E-state index is 0.00694. The molecule has 14 nitrogen and oxygen atoms in total. The van der Waals surface area contributed by atoms with E-state index >= 15 is 0 Å². The summed E-state index contributed by atoms with van der Waals surface area (Å²) in [5.74, 6) is -1.76. The summed E-state index contributed by atoms with van der Waals surface area (Å²) >= 11 is 0. The average molecular weight is 834 g/mol. The Bertz CT molecular complexity index is 2110. The van der Waals surface area contributed by atoms with Gasteiger partial charge in [0.2, 0.25) is 11.8 Å². The molecule has 14 heteroatoms. The lowest BCUT2D eigenvalue weighted by Gasteiger charge is -2.35. The maximum Gasteiger partial charge on any atom is 0.407 e. The molecule has 61 heavy (non-hydrogen) atoms. The number of nitrogens with one attached hydrogen (secondary N) is 3. The van der Waals surface area contributed by atoms with E-state index in [9.17, 15) is 29.1 Å². The van der Waals surface area contributed by atoms with E-state index in [2.05, 4.69) is 25.9 Å². The monoisotopic (exact) mass is 833 g/mol. The molecule has 0 saturated carbocycles. The van der Waals surface area contributed by atoms with E-state index in [0.717, 1.165) is 33.0 Å². The van der Waals surface area contributed by atoms with Crippen molar-refractivity contribution in [1.82, 2.24) is 35.7 Å². The van der Waals surface area contributed by atoms with Gasteiger partial charge in [0, 0.05) is 23.5 Å². The Hall–Kier alpha value is -6.15. The molecule has 0 bridgehead atoms. The number of nitrogens with zero attached hydrogens (tertiary/aromatic N) is 4. The fraction of sp³-hybridized carbons (Fsp3) is 0.426. The summed E-state index contributed by atoms with van der Waals surface area (Å²) in [5.41, 5.74) is 4.03. The van der Waals surface area contributed by atoms with Crippen LogP contribution in [0, 0.1) is 18.3 Å². The van der Waals surface area contributed by atoms with Crippen LogP contribution in [-0.2, 0) is 38.5 Å². The summed E-state index contributed by atoms with van der Waals surface area (Å²) in [6.07, 6.45) is 0.829. The molecular formula is C47H59N7O7. The molecule has 0 aliphatic carbocycles. The highest BCUT2D eigenvalue weighted by Gasteiger charge is 2.45.